The molecule has 6 nitrogen and oxygen atoms in total. The van der Waals surface area contributed by atoms with Crippen LogP contribution in [0.25, 0.3) is 11.6 Å². The first kappa shape index (κ1) is 20.7. The second-order valence-corrected chi connectivity index (χ2v) is 7.29. The van der Waals surface area contributed by atoms with E-state index in [1.54, 1.807) is 0 Å². The van der Waals surface area contributed by atoms with Crippen molar-refractivity contribution in [2.75, 3.05) is 11.5 Å². The predicted octanol–water partition coefficient (Wildman–Crippen LogP) is 4.15. The first-order chi connectivity index (χ1) is 12.9. The van der Waals surface area contributed by atoms with Crippen molar-refractivity contribution in [3.05, 3.63) is 17.5 Å². The Morgan fingerprint density at radius 3 is 2.46 bits per heavy atom. The number of halogens is 6. The molecule has 0 saturated heterocycles. The van der Waals surface area contributed by atoms with Gasteiger partial charge >= 0.3 is 12.4 Å². The zero-order chi connectivity index (χ0) is 20.7. The molecule has 0 fully saturated rings. The molecule has 3 rings (SSSR count). The highest BCUT2D eigenvalue weighted by Crippen LogP contribution is 2.44. The van der Waals surface area contributed by atoms with E-state index in [9.17, 15) is 31.4 Å². The lowest BCUT2D eigenvalue weighted by Gasteiger charge is -2.26. The lowest BCUT2D eigenvalue weighted by molar-refractivity contribution is -0.277. The number of thioether (sulfide) groups is 1. The normalized spacial score (nSPS) is 21.5. The molecule has 0 unspecified atom stereocenters. The fourth-order valence-corrected chi connectivity index (χ4v) is 3.71. The van der Waals surface area contributed by atoms with Crippen LogP contribution in [0.2, 0.25) is 0 Å². The Kier molecular flexibility index (Phi) is 5.25. The van der Waals surface area contributed by atoms with Crippen LogP contribution in [0.1, 0.15) is 37.1 Å². The zero-order valence-corrected chi connectivity index (χ0v) is 14.9. The standard InChI is InChI=1S/C15H14F6N4O2S/c16-14(17,18)7-6-8(22)9-10-24-25-12(27-10)13(26,15(19,20)21)4-2-1-3-5-28-11(7)23-9/h6,26H,1-5,22H2/t13-/m1/s1. The topological polar surface area (TPSA) is 98.1 Å². The number of nitrogen functional groups attached to an aromatic ring is 1. The highest BCUT2D eigenvalue weighted by molar-refractivity contribution is 7.99. The third-order valence-electron chi connectivity index (χ3n) is 4.19. The van der Waals surface area contributed by atoms with Crippen LogP contribution in [-0.4, -0.2) is 32.2 Å². The molecular weight excluding hydrogens is 414 g/mol. The minimum absolute atomic E-state index is 0.0481. The lowest BCUT2D eigenvalue weighted by atomic mass is 9.95. The number of hydrogen-bond acceptors (Lipinski definition) is 7. The first-order valence-corrected chi connectivity index (χ1v) is 9.06. The highest BCUT2D eigenvalue weighted by atomic mass is 32.2. The van der Waals surface area contributed by atoms with E-state index < -0.39 is 47.4 Å². The van der Waals surface area contributed by atoms with Gasteiger partial charge in [0.05, 0.1) is 11.3 Å². The van der Waals surface area contributed by atoms with Crippen molar-refractivity contribution in [1.82, 2.24) is 15.2 Å². The molecule has 0 aliphatic carbocycles. The average molecular weight is 428 g/mol. The van der Waals surface area contributed by atoms with Gasteiger partial charge in [0.15, 0.2) is 5.69 Å². The lowest BCUT2D eigenvalue weighted by Crippen LogP contribution is -2.42. The van der Waals surface area contributed by atoms with Crippen LogP contribution in [0, 0.1) is 0 Å². The number of aliphatic hydroxyl groups is 1. The van der Waals surface area contributed by atoms with Gasteiger partial charge in [-0.05, 0) is 31.1 Å². The molecule has 1 atom stereocenters. The number of nitrogens with two attached hydrogens (primary N) is 1. The molecule has 0 radical (unpaired) electrons. The number of rotatable bonds is 0. The van der Waals surface area contributed by atoms with Gasteiger partial charge in [-0.15, -0.1) is 22.0 Å². The predicted molar refractivity (Wildman–Crippen MR) is 86.1 cm³/mol. The molecule has 2 aromatic heterocycles. The van der Waals surface area contributed by atoms with E-state index in [1.807, 2.05) is 0 Å². The number of anilines is 1. The SMILES string of the molecule is Nc1cc(C(F)(F)F)c2nc1-c1nnc(o1)[C@@](O)(C(F)(F)F)CCCCCS2. The maximum atomic E-state index is 13.4. The van der Waals surface area contributed by atoms with Crippen LogP contribution in [0.3, 0.4) is 0 Å². The van der Waals surface area contributed by atoms with E-state index in [1.165, 1.54) is 0 Å². The molecule has 0 aromatic carbocycles. The Balaban J connectivity index is 2.16. The van der Waals surface area contributed by atoms with Crippen LogP contribution in [0.4, 0.5) is 32.0 Å². The number of hydrogen-bond donors (Lipinski definition) is 2. The molecule has 4 bridgehead atoms. The maximum Gasteiger partial charge on any atom is 0.426 e. The molecule has 1 aliphatic heterocycles. The van der Waals surface area contributed by atoms with Crippen molar-refractivity contribution in [1.29, 1.82) is 0 Å². The van der Waals surface area contributed by atoms with Crippen LogP contribution in [0.5, 0.6) is 0 Å². The van der Waals surface area contributed by atoms with E-state index in [0.29, 0.717) is 12.5 Å². The zero-order valence-electron chi connectivity index (χ0n) is 14.1. The molecule has 0 spiro atoms. The van der Waals surface area contributed by atoms with Gasteiger partial charge in [0.25, 0.3) is 11.8 Å². The largest absolute Gasteiger partial charge is 0.426 e. The van der Waals surface area contributed by atoms with Gasteiger partial charge in [-0.25, -0.2) is 4.98 Å². The van der Waals surface area contributed by atoms with E-state index in [4.69, 9.17) is 10.2 Å². The van der Waals surface area contributed by atoms with Crippen LogP contribution in [0.15, 0.2) is 15.5 Å². The molecule has 1 aliphatic rings. The van der Waals surface area contributed by atoms with Crippen molar-refractivity contribution in [2.45, 2.75) is 48.7 Å². The van der Waals surface area contributed by atoms with Gasteiger partial charge in [0, 0.05) is 0 Å². The Labute approximate surface area is 158 Å². The monoisotopic (exact) mass is 428 g/mol. The van der Waals surface area contributed by atoms with Gasteiger partial charge in [-0.3, -0.25) is 0 Å². The molecular formula is C15H14F6N4O2S. The summed E-state index contributed by atoms with van der Waals surface area (Å²) in [5.74, 6) is -1.52. The second kappa shape index (κ2) is 7.10. The van der Waals surface area contributed by atoms with Crippen molar-refractivity contribution in [2.24, 2.45) is 0 Å². The van der Waals surface area contributed by atoms with Gasteiger partial charge in [0.2, 0.25) is 5.60 Å². The molecule has 154 valence electrons. The summed E-state index contributed by atoms with van der Waals surface area (Å²) < 4.78 is 85.1. The fraction of sp³-hybridized carbons (Fsp3) is 0.533. The molecule has 2 aromatic rings. The average Bonchev–Trinajstić information content (AvgIpc) is 3.06. The number of pyridine rings is 1. The number of alkyl halides is 6. The van der Waals surface area contributed by atoms with Gasteiger partial charge < -0.3 is 15.3 Å². The Bertz CT molecular complexity index is 869. The fourth-order valence-electron chi connectivity index (χ4n) is 2.68. The van der Waals surface area contributed by atoms with Crippen molar-refractivity contribution in [3.63, 3.8) is 0 Å². The van der Waals surface area contributed by atoms with Crippen molar-refractivity contribution >= 4 is 17.4 Å². The molecule has 0 saturated carbocycles. The summed E-state index contributed by atoms with van der Waals surface area (Å²) in [6, 6.07) is 0.629. The van der Waals surface area contributed by atoms with E-state index >= 15 is 0 Å². The molecule has 28 heavy (non-hydrogen) atoms. The summed E-state index contributed by atoms with van der Waals surface area (Å²) in [7, 11) is 0. The number of fused-ring (bicyclic) bond motifs is 5. The number of aromatic nitrogens is 3. The first-order valence-electron chi connectivity index (χ1n) is 8.07. The smallest absolute Gasteiger partial charge is 0.416 e. The Hall–Kier alpha value is -2.02. The van der Waals surface area contributed by atoms with E-state index in [-0.39, 0.29) is 29.3 Å². The minimum atomic E-state index is -5.09. The summed E-state index contributed by atoms with van der Waals surface area (Å²) in [4.78, 5) is 3.82. The highest BCUT2D eigenvalue weighted by Gasteiger charge is 2.58. The summed E-state index contributed by atoms with van der Waals surface area (Å²) >= 11 is 0.806. The molecule has 0 amide bonds. The van der Waals surface area contributed by atoms with Gasteiger partial charge in [-0.2, -0.15) is 26.3 Å². The molecule has 3 N–H and O–H groups in total. The minimum Gasteiger partial charge on any atom is -0.416 e. The van der Waals surface area contributed by atoms with E-state index in [0.717, 1.165) is 11.8 Å². The molecule has 3 heterocycles. The summed E-state index contributed by atoms with van der Waals surface area (Å²) in [5.41, 5.74) is 0.319. The second-order valence-electron chi connectivity index (χ2n) is 6.21. The van der Waals surface area contributed by atoms with Crippen LogP contribution in [-0.2, 0) is 11.8 Å². The number of nitrogens with zero attached hydrogens (tertiary/aromatic N) is 3. The van der Waals surface area contributed by atoms with Gasteiger partial charge in [0.1, 0.15) is 5.03 Å². The van der Waals surface area contributed by atoms with Crippen LogP contribution < -0.4 is 5.73 Å². The third-order valence-corrected chi connectivity index (χ3v) is 5.27. The van der Waals surface area contributed by atoms with E-state index in [2.05, 4.69) is 15.2 Å². The van der Waals surface area contributed by atoms with Gasteiger partial charge in [-0.1, -0.05) is 6.42 Å². The van der Waals surface area contributed by atoms with Crippen LogP contribution >= 0.6 is 11.8 Å². The summed E-state index contributed by atoms with van der Waals surface area (Å²) in [6.07, 6.45) is -10.0. The Morgan fingerprint density at radius 1 is 1.11 bits per heavy atom. The summed E-state index contributed by atoms with van der Waals surface area (Å²) in [5, 5.41) is 16.5. The maximum absolute atomic E-state index is 13.4. The molecule has 13 heteroatoms. The Morgan fingerprint density at radius 2 is 1.82 bits per heavy atom. The van der Waals surface area contributed by atoms with Crippen molar-refractivity contribution < 1.29 is 35.9 Å². The summed E-state index contributed by atoms with van der Waals surface area (Å²) in [6.45, 7) is 0. The quantitative estimate of drug-likeness (QED) is 0.609. The van der Waals surface area contributed by atoms with Crippen molar-refractivity contribution in [3.8, 4) is 11.6 Å². The third kappa shape index (κ3) is 3.77.